The predicted octanol–water partition coefficient (Wildman–Crippen LogP) is 4.05. The molecular formula is C24H24ClN3O7S2. The van der Waals surface area contributed by atoms with Crippen molar-refractivity contribution < 1.29 is 31.1 Å². The van der Waals surface area contributed by atoms with E-state index in [2.05, 4.69) is 10.0 Å². The van der Waals surface area contributed by atoms with Gasteiger partial charge in [0.15, 0.2) is 11.5 Å². The maximum Gasteiger partial charge on any atom is 0.261 e. The Morgan fingerprint density at radius 2 is 1.68 bits per heavy atom. The minimum Gasteiger partial charge on any atom is -0.454 e. The molecule has 0 spiro atoms. The van der Waals surface area contributed by atoms with Crippen LogP contribution < -0.4 is 23.8 Å². The van der Waals surface area contributed by atoms with E-state index in [0.717, 1.165) is 6.26 Å². The van der Waals surface area contributed by atoms with Gasteiger partial charge in [0, 0.05) is 29.7 Å². The van der Waals surface area contributed by atoms with E-state index < -0.39 is 20.0 Å². The van der Waals surface area contributed by atoms with Gasteiger partial charge in [0.1, 0.15) is 0 Å². The van der Waals surface area contributed by atoms with Crippen LogP contribution in [-0.2, 0) is 24.8 Å². The summed E-state index contributed by atoms with van der Waals surface area (Å²) in [5.74, 6) is 0.652. The van der Waals surface area contributed by atoms with E-state index in [-0.39, 0.29) is 37.0 Å². The van der Waals surface area contributed by atoms with Gasteiger partial charge < -0.3 is 14.8 Å². The molecule has 0 atom stereocenters. The number of hydrogen-bond acceptors (Lipinski definition) is 7. The largest absolute Gasteiger partial charge is 0.454 e. The lowest BCUT2D eigenvalue weighted by molar-refractivity contribution is -0.116. The van der Waals surface area contributed by atoms with Crippen molar-refractivity contribution in [2.75, 3.05) is 33.9 Å². The zero-order valence-electron chi connectivity index (χ0n) is 19.7. The average molecular weight is 566 g/mol. The van der Waals surface area contributed by atoms with E-state index in [0.29, 0.717) is 33.6 Å². The number of rotatable bonds is 10. The van der Waals surface area contributed by atoms with Gasteiger partial charge in [-0.3, -0.25) is 13.8 Å². The molecule has 1 aliphatic heterocycles. The molecule has 0 aromatic heterocycles. The first kappa shape index (κ1) is 26.6. The van der Waals surface area contributed by atoms with Crippen molar-refractivity contribution in [3.63, 3.8) is 0 Å². The molecule has 196 valence electrons. The number of fused-ring (bicyclic) bond motifs is 1. The van der Waals surface area contributed by atoms with Crippen molar-refractivity contribution in [2.45, 2.75) is 17.7 Å². The molecule has 0 saturated heterocycles. The number of sulfonamides is 2. The topological polar surface area (TPSA) is 131 Å². The second-order valence-electron chi connectivity index (χ2n) is 8.16. The molecule has 0 unspecified atom stereocenters. The molecule has 1 heterocycles. The van der Waals surface area contributed by atoms with Crippen LogP contribution in [0.4, 0.5) is 17.1 Å². The molecule has 1 aliphatic rings. The van der Waals surface area contributed by atoms with Gasteiger partial charge in [0.05, 0.1) is 22.5 Å². The van der Waals surface area contributed by atoms with Crippen LogP contribution >= 0.6 is 11.6 Å². The number of hydrogen-bond donors (Lipinski definition) is 2. The van der Waals surface area contributed by atoms with Crippen LogP contribution in [0.15, 0.2) is 71.6 Å². The summed E-state index contributed by atoms with van der Waals surface area (Å²) in [5, 5.41) is 3.08. The zero-order chi connectivity index (χ0) is 26.6. The van der Waals surface area contributed by atoms with Crippen molar-refractivity contribution in [3.8, 4) is 11.5 Å². The van der Waals surface area contributed by atoms with Gasteiger partial charge in [0.25, 0.3) is 10.0 Å². The van der Waals surface area contributed by atoms with E-state index in [1.165, 1.54) is 34.6 Å². The third kappa shape index (κ3) is 6.85. The molecule has 10 nitrogen and oxygen atoms in total. The molecule has 4 rings (SSSR count). The summed E-state index contributed by atoms with van der Waals surface area (Å²) in [4.78, 5) is 12.4. The van der Waals surface area contributed by atoms with Gasteiger partial charge in [-0.25, -0.2) is 16.8 Å². The molecule has 37 heavy (non-hydrogen) atoms. The highest BCUT2D eigenvalue weighted by Gasteiger charge is 2.22. The van der Waals surface area contributed by atoms with Crippen molar-refractivity contribution >= 4 is 54.6 Å². The van der Waals surface area contributed by atoms with Crippen LogP contribution in [0.25, 0.3) is 0 Å². The quantitative estimate of drug-likeness (QED) is 0.379. The van der Waals surface area contributed by atoms with Crippen molar-refractivity contribution in [3.05, 3.63) is 71.8 Å². The minimum atomic E-state index is -3.84. The lowest BCUT2D eigenvalue weighted by Crippen LogP contribution is -2.31. The van der Waals surface area contributed by atoms with Gasteiger partial charge in [-0.15, -0.1) is 0 Å². The van der Waals surface area contributed by atoms with Gasteiger partial charge in [-0.1, -0.05) is 17.7 Å². The molecule has 13 heteroatoms. The Hall–Kier alpha value is -3.48. The fourth-order valence-electron chi connectivity index (χ4n) is 3.62. The highest BCUT2D eigenvalue weighted by molar-refractivity contribution is 7.92. The van der Waals surface area contributed by atoms with E-state index in [1.807, 2.05) is 0 Å². The smallest absolute Gasteiger partial charge is 0.261 e. The minimum absolute atomic E-state index is 0.0120. The molecule has 0 aliphatic carbocycles. The maximum absolute atomic E-state index is 12.6. The third-order valence-electron chi connectivity index (χ3n) is 5.33. The number of halogens is 1. The van der Waals surface area contributed by atoms with Crippen LogP contribution in [0, 0.1) is 0 Å². The lowest BCUT2D eigenvalue weighted by atomic mass is 10.2. The second-order valence-corrected chi connectivity index (χ2v) is 12.2. The predicted molar refractivity (Wildman–Crippen MR) is 141 cm³/mol. The molecule has 1 amide bonds. The number of nitrogens with zero attached hydrogens (tertiary/aromatic N) is 1. The number of carbonyl (C=O) groups excluding carboxylic acids is 1. The van der Waals surface area contributed by atoms with Crippen LogP contribution in [0.2, 0.25) is 5.02 Å². The summed E-state index contributed by atoms with van der Waals surface area (Å²) < 4.78 is 64.1. The summed E-state index contributed by atoms with van der Waals surface area (Å²) in [5.41, 5.74) is 1.14. The molecule has 0 radical (unpaired) electrons. The number of anilines is 3. The Balaban J connectivity index is 1.33. The Morgan fingerprint density at radius 1 is 0.946 bits per heavy atom. The Morgan fingerprint density at radius 3 is 2.38 bits per heavy atom. The van der Waals surface area contributed by atoms with Crippen LogP contribution in [-0.4, -0.2) is 42.3 Å². The van der Waals surface area contributed by atoms with Gasteiger partial charge >= 0.3 is 0 Å². The molecule has 3 aromatic carbocycles. The standard InChI is InChI=1S/C24H24ClN3O7S2/c1-36(30,31)28(20-9-12-22-23(15-20)35-16-34-22)13-3-6-24(29)26-18-7-10-21(11-8-18)37(32,33)27-19-5-2-4-17(25)14-19/h2,4-5,7-12,14-15,27H,3,6,13,16H2,1H3,(H,26,29). The number of benzene rings is 3. The maximum atomic E-state index is 12.6. The fourth-order valence-corrected chi connectivity index (χ4v) is 5.81. The van der Waals surface area contributed by atoms with Crippen molar-refractivity contribution in [1.82, 2.24) is 0 Å². The summed E-state index contributed by atoms with van der Waals surface area (Å²) in [6, 6.07) is 16.8. The SMILES string of the molecule is CS(=O)(=O)N(CCCC(=O)Nc1ccc(S(=O)(=O)Nc2cccc(Cl)c2)cc1)c1ccc2c(c1)OCO2. The molecular weight excluding hydrogens is 542 g/mol. The number of carbonyl (C=O) groups is 1. The molecule has 2 N–H and O–H groups in total. The summed E-state index contributed by atoms with van der Waals surface area (Å²) in [6.07, 6.45) is 1.39. The van der Waals surface area contributed by atoms with E-state index in [9.17, 15) is 21.6 Å². The van der Waals surface area contributed by atoms with Gasteiger partial charge in [0.2, 0.25) is 22.7 Å². The third-order valence-corrected chi connectivity index (χ3v) is 8.16. The fraction of sp³-hybridized carbons (Fsp3) is 0.208. The first-order valence-electron chi connectivity index (χ1n) is 11.1. The highest BCUT2D eigenvalue weighted by Crippen LogP contribution is 2.36. The molecule has 0 bridgehead atoms. The van der Waals surface area contributed by atoms with E-state index in [1.54, 1.807) is 36.4 Å². The highest BCUT2D eigenvalue weighted by atomic mass is 35.5. The average Bonchev–Trinajstić information content (AvgIpc) is 3.29. The molecule has 0 saturated carbocycles. The Bertz CT molecular complexity index is 1510. The molecule has 0 fully saturated rings. The monoisotopic (exact) mass is 565 g/mol. The summed E-state index contributed by atoms with van der Waals surface area (Å²) in [6.45, 7) is 0.154. The number of amides is 1. The van der Waals surface area contributed by atoms with Crippen LogP contribution in [0.1, 0.15) is 12.8 Å². The van der Waals surface area contributed by atoms with Gasteiger partial charge in [-0.2, -0.15) is 0 Å². The molecule has 3 aromatic rings. The second kappa shape index (κ2) is 10.9. The Kier molecular flexibility index (Phi) is 7.81. The van der Waals surface area contributed by atoms with Crippen molar-refractivity contribution in [1.29, 1.82) is 0 Å². The van der Waals surface area contributed by atoms with Gasteiger partial charge in [-0.05, 0) is 61.0 Å². The van der Waals surface area contributed by atoms with Crippen LogP contribution in [0.3, 0.4) is 0 Å². The lowest BCUT2D eigenvalue weighted by Gasteiger charge is -2.22. The van der Waals surface area contributed by atoms with E-state index in [4.69, 9.17) is 21.1 Å². The summed E-state index contributed by atoms with van der Waals surface area (Å²) >= 11 is 5.90. The Labute approximate surface area is 220 Å². The number of nitrogens with one attached hydrogen (secondary N) is 2. The summed E-state index contributed by atoms with van der Waals surface area (Å²) in [7, 11) is -7.44. The van der Waals surface area contributed by atoms with Crippen molar-refractivity contribution in [2.24, 2.45) is 0 Å². The number of ether oxygens (including phenoxy) is 2. The first-order chi connectivity index (χ1) is 17.5. The van der Waals surface area contributed by atoms with Crippen LogP contribution in [0.5, 0.6) is 11.5 Å². The first-order valence-corrected chi connectivity index (χ1v) is 14.8. The zero-order valence-corrected chi connectivity index (χ0v) is 22.1. The normalized spacial score (nSPS) is 12.7. The van der Waals surface area contributed by atoms with E-state index >= 15 is 0 Å².